The van der Waals surface area contributed by atoms with Crippen molar-refractivity contribution < 1.29 is 9.59 Å². The predicted octanol–water partition coefficient (Wildman–Crippen LogP) is -0.595. The number of nitrogens with one attached hydrogen (secondary N) is 3. The van der Waals surface area contributed by atoms with Crippen LogP contribution >= 0.6 is 0 Å². The molecule has 0 aromatic carbocycles. The molecule has 1 heterocycles. The Labute approximate surface area is 111 Å². The molecule has 8 heteroatoms. The number of hydrazine groups is 1. The first kappa shape index (κ1) is 14.8. The first-order chi connectivity index (χ1) is 8.93. The molecule has 0 aliphatic heterocycles. The first-order valence-corrected chi connectivity index (χ1v) is 5.84. The van der Waals surface area contributed by atoms with Crippen molar-refractivity contribution in [3.8, 4) is 0 Å². The van der Waals surface area contributed by atoms with Crippen LogP contribution in [-0.4, -0.2) is 33.9 Å². The molecule has 0 fully saturated rings. The van der Waals surface area contributed by atoms with E-state index in [2.05, 4.69) is 26.0 Å². The Morgan fingerprint density at radius 2 is 1.84 bits per heavy atom. The predicted molar refractivity (Wildman–Crippen MR) is 70.0 cm³/mol. The van der Waals surface area contributed by atoms with Crippen LogP contribution in [-0.2, 0) is 4.79 Å². The number of nitrogens with two attached hydrogens (primary N) is 1. The van der Waals surface area contributed by atoms with Crippen molar-refractivity contribution in [3.05, 3.63) is 18.1 Å². The minimum Gasteiger partial charge on any atom is -0.352 e. The Hall–Kier alpha value is -2.22. The summed E-state index contributed by atoms with van der Waals surface area (Å²) in [6.45, 7) is 5.28. The summed E-state index contributed by atoms with van der Waals surface area (Å²) in [5, 5.41) is 5.24. The zero-order valence-electron chi connectivity index (χ0n) is 11.1. The molecule has 0 bridgehead atoms. The van der Waals surface area contributed by atoms with Gasteiger partial charge in [0, 0.05) is 6.04 Å². The van der Waals surface area contributed by atoms with E-state index in [0.29, 0.717) is 5.82 Å². The van der Waals surface area contributed by atoms with E-state index in [9.17, 15) is 9.59 Å². The van der Waals surface area contributed by atoms with Gasteiger partial charge in [0.05, 0.1) is 12.4 Å². The Morgan fingerprint density at radius 1 is 1.16 bits per heavy atom. The summed E-state index contributed by atoms with van der Waals surface area (Å²) in [6.07, 6.45) is 2.60. The minimum absolute atomic E-state index is 0.0153. The number of nitrogens with zero attached hydrogens (tertiary/aromatic N) is 2. The van der Waals surface area contributed by atoms with Crippen molar-refractivity contribution in [2.45, 2.75) is 32.9 Å². The molecule has 1 aromatic rings. The summed E-state index contributed by atoms with van der Waals surface area (Å²) >= 11 is 0. The summed E-state index contributed by atoms with van der Waals surface area (Å²) in [7, 11) is 0. The van der Waals surface area contributed by atoms with Crippen LogP contribution in [0.4, 0.5) is 5.82 Å². The van der Waals surface area contributed by atoms with Crippen LogP contribution in [0.1, 0.15) is 31.3 Å². The topological polar surface area (TPSA) is 122 Å². The van der Waals surface area contributed by atoms with Gasteiger partial charge in [-0.15, -0.1) is 0 Å². The van der Waals surface area contributed by atoms with Crippen molar-refractivity contribution >= 4 is 17.6 Å². The number of carbonyl (C=O) groups is 2. The van der Waals surface area contributed by atoms with Crippen molar-refractivity contribution in [3.63, 3.8) is 0 Å². The maximum Gasteiger partial charge on any atom is 0.272 e. The van der Waals surface area contributed by atoms with E-state index in [1.165, 1.54) is 12.4 Å². The zero-order chi connectivity index (χ0) is 14.4. The molecular formula is C11H18N6O2. The number of amides is 2. The molecule has 0 aliphatic carbocycles. The van der Waals surface area contributed by atoms with Gasteiger partial charge in [0.2, 0.25) is 5.91 Å². The van der Waals surface area contributed by atoms with E-state index in [0.717, 1.165) is 0 Å². The number of anilines is 1. The number of nitrogen functional groups attached to an aromatic ring is 1. The molecule has 0 saturated carbocycles. The van der Waals surface area contributed by atoms with Crippen LogP contribution in [0.25, 0.3) is 0 Å². The largest absolute Gasteiger partial charge is 0.352 e. The van der Waals surface area contributed by atoms with Gasteiger partial charge < -0.3 is 16.1 Å². The minimum atomic E-state index is -0.649. The van der Waals surface area contributed by atoms with E-state index in [1.807, 2.05) is 13.8 Å². The normalized spacial score (nSPS) is 11.8. The van der Waals surface area contributed by atoms with Crippen molar-refractivity contribution in [2.24, 2.45) is 5.84 Å². The average Bonchev–Trinajstić information content (AvgIpc) is 2.37. The van der Waals surface area contributed by atoms with Gasteiger partial charge in [-0.2, -0.15) is 0 Å². The van der Waals surface area contributed by atoms with E-state index in [1.54, 1.807) is 6.92 Å². The van der Waals surface area contributed by atoms with Gasteiger partial charge in [-0.05, 0) is 20.8 Å². The average molecular weight is 266 g/mol. The maximum absolute atomic E-state index is 11.8. The summed E-state index contributed by atoms with van der Waals surface area (Å²) < 4.78 is 0. The van der Waals surface area contributed by atoms with Gasteiger partial charge >= 0.3 is 0 Å². The third-order valence-corrected chi connectivity index (χ3v) is 2.20. The number of rotatable bonds is 5. The van der Waals surface area contributed by atoms with Gasteiger partial charge in [-0.3, -0.25) is 9.59 Å². The molecule has 1 unspecified atom stereocenters. The fourth-order valence-electron chi connectivity index (χ4n) is 1.27. The van der Waals surface area contributed by atoms with Gasteiger partial charge in [0.1, 0.15) is 11.7 Å². The molecule has 5 N–H and O–H groups in total. The van der Waals surface area contributed by atoms with Gasteiger partial charge in [-0.1, -0.05) is 0 Å². The summed E-state index contributed by atoms with van der Waals surface area (Å²) in [4.78, 5) is 31.2. The lowest BCUT2D eigenvalue weighted by molar-refractivity contribution is -0.123. The molecule has 0 saturated heterocycles. The fourth-order valence-corrected chi connectivity index (χ4v) is 1.27. The summed E-state index contributed by atoms with van der Waals surface area (Å²) in [5.74, 6) is 4.76. The molecule has 2 amide bonds. The molecule has 8 nitrogen and oxygen atoms in total. The quantitative estimate of drug-likeness (QED) is 0.417. The Balaban J connectivity index is 2.60. The molecule has 1 atom stereocenters. The summed E-state index contributed by atoms with van der Waals surface area (Å²) in [5.41, 5.74) is 2.42. The highest BCUT2D eigenvalue weighted by Gasteiger charge is 2.17. The second kappa shape index (κ2) is 6.64. The second-order valence-corrected chi connectivity index (χ2v) is 4.29. The number of aromatic nitrogens is 2. The smallest absolute Gasteiger partial charge is 0.272 e. The molecule has 19 heavy (non-hydrogen) atoms. The van der Waals surface area contributed by atoms with Crippen molar-refractivity contribution in [1.29, 1.82) is 0 Å². The van der Waals surface area contributed by atoms with Crippen LogP contribution in [0.15, 0.2) is 12.4 Å². The monoisotopic (exact) mass is 266 g/mol. The standard InChI is InChI=1S/C11H18N6O2/c1-6(2)15-10(18)7(3)16-11(19)8-4-14-9(17-12)5-13-8/h4-7H,12H2,1-3H3,(H,14,17)(H,15,18)(H,16,19). The number of carbonyl (C=O) groups excluding carboxylic acids is 2. The second-order valence-electron chi connectivity index (χ2n) is 4.29. The van der Waals surface area contributed by atoms with Crippen LogP contribution in [0.5, 0.6) is 0 Å². The Bertz CT molecular complexity index is 445. The Morgan fingerprint density at radius 3 is 2.32 bits per heavy atom. The van der Waals surface area contributed by atoms with E-state index in [4.69, 9.17) is 5.84 Å². The third-order valence-electron chi connectivity index (χ3n) is 2.20. The molecule has 0 spiro atoms. The lowest BCUT2D eigenvalue weighted by Gasteiger charge is -2.15. The van der Waals surface area contributed by atoms with E-state index >= 15 is 0 Å². The van der Waals surface area contributed by atoms with Gasteiger partial charge in [0.25, 0.3) is 5.91 Å². The van der Waals surface area contributed by atoms with Crippen LogP contribution in [0.2, 0.25) is 0 Å². The molecule has 1 rings (SSSR count). The van der Waals surface area contributed by atoms with Gasteiger partial charge in [0.15, 0.2) is 5.82 Å². The fraction of sp³-hybridized carbons (Fsp3) is 0.455. The van der Waals surface area contributed by atoms with Crippen molar-refractivity contribution in [2.75, 3.05) is 5.43 Å². The first-order valence-electron chi connectivity index (χ1n) is 5.84. The third kappa shape index (κ3) is 4.51. The lowest BCUT2D eigenvalue weighted by atomic mass is 10.2. The molecular weight excluding hydrogens is 248 g/mol. The van der Waals surface area contributed by atoms with Crippen LogP contribution in [0, 0.1) is 0 Å². The highest BCUT2D eigenvalue weighted by Crippen LogP contribution is 1.99. The van der Waals surface area contributed by atoms with E-state index < -0.39 is 11.9 Å². The highest BCUT2D eigenvalue weighted by molar-refractivity contribution is 5.95. The SMILES string of the molecule is CC(C)NC(=O)C(C)NC(=O)c1cnc(NN)cn1. The zero-order valence-corrected chi connectivity index (χ0v) is 11.1. The van der Waals surface area contributed by atoms with Crippen LogP contribution < -0.4 is 21.9 Å². The molecule has 1 aromatic heterocycles. The molecule has 104 valence electrons. The van der Waals surface area contributed by atoms with Crippen molar-refractivity contribution in [1.82, 2.24) is 20.6 Å². The van der Waals surface area contributed by atoms with Crippen LogP contribution in [0.3, 0.4) is 0 Å². The summed E-state index contributed by atoms with van der Waals surface area (Å²) in [6, 6.07) is -0.634. The van der Waals surface area contributed by atoms with E-state index in [-0.39, 0.29) is 17.6 Å². The molecule has 0 aliphatic rings. The maximum atomic E-state index is 11.8. The Kier molecular flexibility index (Phi) is 5.19. The molecule has 0 radical (unpaired) electrons. The number of hydrogen-bond acceptors (Lipinski definition) is 6. The van der Waals surface area contributed by atoms with Gasteiger partial charge in [-0.25, -0.2) is 15.8 Å². The highest BCUT2D eigenvalue weighted by atomic mass is 16.2. The number of hydrogen-bond donors (Lipinski definition) is 4. The lowest BCUT2D eigenvalue weighted by Crippen LogP contribution is -2.46.